The third-order valence-corrected chi connectivity index (χ3v) is 4.41. The summed E-state index contributed by atoms with van der Waals surface area (Å²) in [4.78, 5) is 14.2. The van der Waals surface area contributed by atoms with E-state index in [9.17, 15) is 4.79 Å². The van der Waals surface area contributed by atoms with Gasteiger partial charge in [-0.15, -0.1) is 12.4 Å². The smallest absolute Gasteiger partial charge is 0.222 e. The second-order valence-electron chi connectivity index (χ2n) is 5.79. The predicted molar refractivity (Wildman–Crippen MR) is 76.8 cm³/mol. The van der Waals surface area contributed by atoms with Gasteiger partial charge in [0.25, 0.3) is 0 Å². The third-order valence-electron chi connectivity index (χ3n) is 4.41. The molecule has 0 radical (unpaired) electrons. The first-order valence-electron chi connectivity index (χ1n) is 7.27. The van der Waals surface area contributed by atoms with E-state index in [0.29, 0.717) is 17.7 Å². The van der Waals surface area contributed by atoms with Gasteiger partial charge in [-0.2, -0.15) is 0 Å². The van der Waals surface area contributed by atoms with Gasteiger partial charge < -0.3 is 10.6 Å². The quantitative estimate of drug-likeness (QED) is 0.804. The van der Waals surface area contributed by atoms with Crippen molar-refractivity contribution in [2.45, 2.75) is 51.4 Å². The molecule has 1 saturated carbocycles. The maximum Gasteiger partial charge on any atom is 0.222 e. The largest absolute Gasteiger partial charge is 0.342 e. The van der Waals surface area contributed by atoms with E-state index < -0.39 is 0 Å². The molecule has 106 valence electrons. The molecule has 0 aromatic rings. The molecule has 0 spiro atoms. The van der Waals surface area contributed by atoms with Gasteiger partial charge in [-0.25, -0.2) is 0 Å². The number of carbonyl (C=O) groups excluding carboxylic acids is 1. The summed E-state index contributed by atoms with van der Waals surface area (Å²) in [6.07, 6.45) is 9.80. The summed E-state index contributed by atoms with van der Waals surface area (Å²) in [6.45, 7) is 2.57. The molecule has 3 nitrogen and oxygen atoms in total. The Kier molecular flexibility index (Phi) is 7.02. The molecule has 1 atom stereocenters. The molecule has 0 bridgehead atoms. The lowest BCUT2D eigenvalue weighted by Gasteiger charge is -2.20. The number of hydrogen-bond donors (Lipinski definition) is 1. The van der Waals surface area contributed by atoms with Crippen LogP contribution in [0.15, 0.2) is 0 Å². The van der Waals surface area contributed by atoms with Gasteiger partial charge in [-0.05, 0) is 37.6 Å². The van der Waals surface area contributed by atoms with Gasteiger partial charge >= 0.3 is 0 Å². The molecule has 2 fully saturated rings. The zero-order valence-electron chi connectivity index (χ0n) is 11.3. The SMILES string of the molecule is Cl.NCC1CCN(C(=O)CC2CCCCCC2)C1. The Hall–Kier alpha value is -0.280. The van der Waals surface area contributed by atoms with Crippen LogP contribution in [0.4, 0.5) is 0 Å². The Bertz CT molecular complexity index is 252. The minimum absolute atomic E-state index is 0. The van der Waals surface area contributed by atoms with Crippen molar-refractivity contribution in [1.82, 2.24) is 4.90 Å². The summed E-state index contributed by atoms with van der Waals surface area (Å²) in [5, 5.41) is 0. The van der Waals surface area contributed by atoms with Crippen LogP contribution in [0, 0.1) is 11.8 Å². The van der Waals surface area contributed by atoms with Crippen molar-refractivity contribution in [2.75, 3.05) is 19.6 Å². The minimum Gasteiger partial charge on any atom is -0.342 e. The van der Waals surface area contributed by atoms with E-state index in [4.69, 9.17) is 5.73 Å². The molecule has 1 saturated heterocycles. The van der Waals surface area contributed by atoms with Crippen LogP contribution in [0.5, 0.6) is 0 Å². The first-order valence-corrected chi connectivity index (χ1v) is 7.27. The summed E-state index contributed by atoms with van der Waals surface area (Å²) in [7, 11) is 0. The van der Waals surface area contributed by atoms with Crippen molar-refractivity contribution in [1.29, 1.82) is 0 Å². The summed E-state index contributed by atoms with van der Waals surface area (Å²) >= 11 is 0. The number of halogens is 1. The summed E-state index contributed by atoms with van der Waals surface area (Å²) in [5.41, 5.74) is 5.66. The fourth-order valence-corrected chi connectivity index (χ4v) is 3.20. The second kappa shape index (κ2) is 8.00. The van der Waals surface area contributed by atoms with Crippen LogP contribution in [-0.2, 0) is 4.79 Å². The molecule has 18 heavy (non-hydrogen) atoms. The lowest BCUT2D eigenvalue weighted by Crippen LogP contribution is -2.31. The summed E-state index contributed by atoms with van der Waals surface area (Å²) in [5.74, 6) is 1.59. The molecule has 1 aliphatic carbocycles. The molecule has 1 heterocycles. The average molecular weight is 275 g/mol. The predicted octanol–water partition coefficient (Wildman–Crippen LogP) is 2.58. The number of nitrogens with zero attached hydrogens (tertiary/aromatic N) is 1. The van der Waals surface area contributed by atoms with Crippen molar-refractivity contribution >= 4 is 18.3 Å². The van der Waals surface area contributed by atoms with E-state index in [-0.39, 0.29) is 12.4 Å². The molecule has 2 rings (SSSR count). The lowest BCUT2D eigenvalue weighted by molar-refractivity contribution is -0.131. The number of hydrogen-bond acceptors (Lipinski definition) is 2. The van der Waals surface area contributed by atoms with E-state index in [1.54, 1.807) is 0 Å². The topological polar surface area (TPSA) is 46.3 Å². The van der Waals surface area contributed by atoms with E-state index in [1.165, 1.54) is 38.5 Å². The molecular formula is C14H27ClN2O. The Balaban J connectivity index is 0.00000162. The Morgan fingerprint density at radius 2 is 1.72 bits per heavy atom. The van der Waals surface area contributed by atoms with Crippen LogP contribution in [0.1, 0.15) is 51.4 Å². The van der Waals surface area contributed by atoms with Crippen LogP contribution >= 0.6 is 12.4 Å². The van der Waals surface area contributed by atoms with Crippen LogP contribution in [0.2, 0.25) is 0 Å². The van der Waals surface area contributed by atoms with Gasteiger partial charge in [-0.3, -0.25) is 4.79 Å². The van der Waals surface area contributed by atoms with Crippen LogP contribution in [0.25, 0.3) is 0 Å². The molecule has 2 aliphatic rings. The highest BCUT2D eigenvalue weighted by Gasteiger charge is 2.26. The molecule has 0 aromatic heterocycles. The van der Waals surface area contributed by atoms with E-state index >= 15 is 0 Å². The third kappa shape index (κ3) is 4.43. The van der Waals surface area contributed by atoms with Gasteiger partial charge in [0.1, 0.15) is 0 Å². The van der Waals surface area contributed by atoms with Gasteiger partial charge in [-0.1, -0.05) is 25.7 Å². The first-order chi connectivity index (χ1) is 8.29. The monoisotopic (exact) mass is 274 g/mol. The molecule has 2 N–H and O–H groups in total. The normalized spacial score (nSPS) is 25.6. The first kappa shape index (κ1) is 15.8. The van der Waals surface area contributed by atoms with Crippen molar-refractivity contribution in [3.63, 3.8) is 0 Å². The van der Waals surface area contributed by atoms with Crippen LogP contribution < -0.4 is 5.73 Å². The van der Waals surface area contributed by atoms with Crippen LogP contribution in [-0.4, -0.2) is 30.4 Å². The minimum atomic E-state index is 0. The maximum atomic E-state index is 12.2. The summed E-state index contributed by atoms with van der Waals surface area (Å²) < 4.78 is 0. The van der Waals surface area contributed by atoms with Gasteiger partial charge in [0.05, 0.1) is 0 Å². The highest BCUT2D eigenvalue weighted by Crippen LogP contribution is 2.27. The number of amides is 1. The molecule has 4 heteroatoms. The Labute approximate surface area is 117 Å². The van der Waals surface area contributed by atoms with Crippen molar-refractivity contribution in [3.8, 4) is 0 Å². The summed E-state index contributed by atoms with van der Waals surface area (Å²) in [6, 6.07) is 0. The second-order valence-corrected chi connectivity index (χ2v) is 5.79. The van der Waals surface area contributed by atoms with Crippen molar-refractivity contribution in [3.05, 3.63) is 0 Å². The van der Waals surface area contributed by atoms with Crippen LogP contribution in [0.3, 0.4) is 0 Å². The lowest BCUT2D eigenvalue weighted by atomic mass is 9.96. The average Bonchev–Trinajstić information content (AvgIpc) is 2.68. The molecule has 1 amide bonds. The van der Waals surface area contributed by atoms with Crippen molar-refractivity contribution < 1.29 is 4.79 Å². The molecular weight excluding hydrogens is 248 g/mol. The number of nitrogens with two attached hydrogens (primary N) is 1. The van der Waals surface area contributed by atoms with E-state index in [2.05, 4.69) is 0 Å². The standard InChI is InChI=1S/C14H26N2O.ClH/c15-10-13-7-8-16(11-13)14(17)9-12-5-3-1-2-4-6-12;/h12-13H,1-11,15H2;1H. The highest BCUT2D eigenvalue weighted by molar-refractivity contribution is 5.85. The molecule has 1 unspecified atom stereocenters. The van der Waals surface area contributed by atoms with E-state index in [0.717, 1.165) is 32.5 Å². The maximum absolute atomic E-state index is 12.2. The number of likely N-dealkylation sites (tertiary alicyclic amines) is 1. The molecule has 1 aliphatic heterocycles. The fraction of sp³-hybridized carbons (Fsp3) is 0.929. The Morgan fingerprint density at radius 1 is 1.06 bits per heavy atom. The highest BCUT2D eigenvalue weighted by atomic mass is 35.5. The van der Waals surface area contributed by atoms with Crippen molar-refractivity contribution in [2.24, 2.45) is 17.6 Å². The zero-order valence-corrected chi connectivity index (χ0v) is 12.1. The number of carbonyl (C=O) groups is 1. The molecule has 0 aromatic carbocycles. The fourth-order valence-electron chi connectivity index (χ4n) is 3.20. The zero-order chi connectivity index (χ0) is 12.1. The number of rotatable bonds is 3. The van der Waals surface area contributed by atoms with E-state index in [1.807, 2.05) is 4.90 Å². The van der Waals surface area contributed by atoms with Gasteiger partial charge in [0.15, 0.2) is 0 Å². The Morgan fingerprint density at radius 3 is 2.28 bits per heavy atom. The van der Waals surface area contributed by atoms with Gasteiger partial charge in [0, 0.05) is 19.5 Å². The van der Waals surface area contributed by atoms with Gasteiger partial charge in [0.2, 0.25) is 5.91 Å².